The summed E-state index contributed by atoms with van der Waals surface area (Å²) < 4.78 is 6.26. The highest BCUT2D eigenvalue weighted by Crippen LogP contribution is 2.01. The zero-order chi connectivity index (χ0) is 10.6. The lowest BCUT2D eigenvalue weighted by atomic mass is 10.3. The summed E-state index contributed by atoms with van der Waals surface area (Å²) in [6.45, 7) is 6.16. The number of methoxy groups -OCH3 is 1. The van der Waals surface area contributed by atoms with Crippen LogP contribution in [0.15, 0.2) is 18.3 Å². The zero-order valence-corrected chi connectivity index (χ0v) is 8.36. The third-order valence-electron chi connectivity index (χ3n) is 1.60. The van der Waals surface area contributed by atoms with Crippen LogP contribution in [0.25, 0.3) is 0 Å². The van der Waals surface area contributed by atoms with E-state index in [0.717, 1.165) is 5.57 Å². The molecule has 0 saturated carbocycles. The lowest BCUT2D eigenvalue weighted by Crippen LogP contribution is -2.15. The Hall–Kier alpha value is -1.49. The van der Waals surface area contributed by atoms with Gasteiger partial charge in [0.2, 0.25) is 5.78 Å². The third-order valence-corrected chi connectivity index (χ3v) is 1.60. The molecular weight excluding hydrogens is 182 g/mol. The molecule has 0 unspecified atom stereocenters. The van der Waals surface area contributed by atoms with E-state index >= 15 is 0 Å². The first-order valence-electron chi connectivity index (χ1n) is 4.20. The maximum atomic E-state index is 11.5. The van der Waals surface area contributed by atoms with Crippen molar-refractivity contribution in [2.75, 3.05) is 13.7 Å². The van der Waals surface area contributed by atoms with Gasteiger partial charge in [0, 0.05) is 7.11 Å². The highest BCUT2D eigenvalue weighted by molar-refractivity contribution is 5.95. The maximum Gasteiger partial charge on any atom is 0.208 e. The quantitative estimate of drug-likeness (QED) is 0.512. The molecule has 1 rings (SSSR count). The number of ether oxygens (including phenoxy) is 1. The molecule has 0 N–H and O–H groups in total. The molecule has 5 heteroatoms. The largest absolute Gasteiger partial charge is 0.376 e. The van der Waals surface area contributed by atoms with Crippen molar-refractivity contribution in [3.05, 3.63) is 24.0 Å². The van der Waals surface area contributed by atoms with Crippen LogP contribution in [-0.4, -0.2) is 34.5 Å². The van der Waals surface area contributed by atoms with Gasteiger partial charge in [-0.15, -0.1) is 5.10 Å². The molecule has 0 aromatic carbocycles. The van der Waals surface area contributed by atoms with E-state index in [-0.39, 0.29) is 12.4 Å². The molecule has 0 aliphatic rings. The molecule has 5 nitrogen and oxygen atoms in total. The van der Waals surface area contributed by atoms with Gasteiger partial charge in [-0.05, 0) is 6.92 Å². The van der Waals surface area contributed by atoms with Crippen LogP contribution in [0.3, 0.4) is 0 Å². The van der Waals surface area contributed by atoms with Crippen molar-refractivity contribution in [1.82, 2.24) is 15.0 Å². The number of nitrogens with zero attached hydrogens (tertiary/aromatic N) is 3. The van der Waals surface area contributed by atoms with Gasteiger partial charge in [-0.2, -0.15) is 0 Å². The number of ketones is 1. The molecule has 0 atom stereocenters. The van der Waals surface area contributed by atoms with Crippen molar-refractivity contribution >= 4 is 5.78 Å². The molecule has 0 fully saturated rings. The minimum Gasteiger partial charge on any atom is -0.376 e. The van der Waals surface area contributed by atoms with Crippen LogP contribution in [0.2, 0.25) is 0 Å². The standard InChI is InChI=1S/C9H13N3O2/c1-7(2)5-12-8(4-10-11-12)9(13)6-14-3/h4H,1,5-6H2,2-3H3. The summed E-state index contributed by atoms with van der Waals surface area (Å²) in [5.41, 5.74) is 1.37. The van der Waals surface area contributed by atoms with Crippen LogP contribution < -0.4 is 0 Å². The molecule has 0 amide bonds. The van der Waals surface area contributed by atoms with Gasteiger partial charge in [0.05, 0.1) is 12.7 Å². The third kappa shape index (κ3) is 2.50. The van der Waals surface area contributed by atoms with Gasteiger partial charge in [-0.3, -0.25) is 4.79 Å². The predicted molar refractivity (Wildman–Crippen MR) is 51.0 cm³/mol. The summed E-state index contributed by atoms with van der Waals surface area (Å²) >= 11 is 0. The molecule has 0 aliphatic carbocycles. The zero-order valence-electron chi connectivity index (χ0n) is 8.36. The summed E-state index contributed by atoms with van der Waals surface area (Å²) in [5.74, 6) is -0.126. The Labute approximate surface area is 82.4 Å². The van der Waals surface area contributed by atoms with E-state index in [2.05, 4.69) is 16.9 Å². The first kappa shape index (κ1) is 10.6. The fourth-order valence-corrected chi connectivity index (χ4v) is 1.05. The summed E-state index contributed by atoms with van der Waals surface area (Å²) in [6.07, 6.45) is 1.43. The van der Waals surface area contributed by atoms with E-state index in [4.69, 9.17) is 4.74 Å². The van der Waals surface area contributed by atoms with Crippen LogP contribution >= 0.6 is 0 Å². The number of carbonyl (C=O) groups is 1. The number of allylic oxidation sites excluding steroid dienone is 1. The second-order valence-corrected chi connectivity index (χ2v) is 3.09. The van der Waals surface area contributed by atoms with E-state index in [0.29, 0.717) is 12.2 Å². The molecule has 14 heavy (non-hydrogen) atoms. The summed E-state index contributed by atoms with van der Waals surface area (Å²) in [4.78, 5) is 11.5. The van der Waals surface area contributed by atoms with Crippen molar-refractivity contribution < 1.29 is 9.53 Å². The minimum atomic E-state index is -0.126. The van der Waals surface area contributed by atoms with Gasteiger partial charge in [0.25, 0.3) is 0 Å². The normalized spacial score (nSPS) is 10.1. The van der Waals surface area contributed by atoms with Crippen LogP contribution in [0.4, 0.5) is 0 Å². The van der Waals surface area contributed by atoms with Gasteiger partial charge < -0.3 is 4.74 Å². The van der Waals surface area contributed by atoms with Gasteiger partial charge >= 0.3 is 0 Å². The second kappa shape index (κ2) is 4.66. The minimum absolute atomic E-state index is 0.0452. The Balaban J connectivity index is 2.81. The first-order valence-corrected chi connectivity index (χ1v) is 4.20. The topological polar surface area (TPSA) is 57.0 Å². The van der Waals surface area contributed by atoms with Crippen LogP contribution in [-0.2, 0) is 11.3 Å². The average Bonchev–Trinajstić information content (AvgIpc) is 2.51. The number of carbonyl (C=O) groups excluding carboxylic acids is 1. The van der Waals surface area contributed by atoms with E-state index in [1.807, 2.05) is 6.92 Å². The Kier molecular flexibility index (Phi) is 3.53. The smallest absolute Gasteiger partial charge is 0.208 e. The fraction of sp³-hybridized carbons (Fsp3) is 0.444. The maximum absolute atomic E-state index is 11.5. The Morgan fingerprint density at radius 2 is 2.43 bits per heavy atom. The average molecular weight is 195 g/mol. The van der Waals surface area contributed by atoms with E-state index in [9.17, 15) is 4.79 Å². The van der Waals surface area contributed by atoms with Crippen LogP contribution in [0.1, 0.15) is 17.4 Å². The molecule has 1 heterocycles. The summed E-state index contributed by atoms with van der Waals surface area (Å²) in [6, 6.07) is 0. The number of aromatic nitrogens is 3. The lowest BCUT2D eigenvalue weighted by Gasteiger charge is -2.03. The van der Waals surface area contributed by atoms with Gasteiger partial charge in [-0.1, -0.05) is 17.4 Å². The number of Topliss-reactive ketones (excluding diaryl/α,β-unsaturated/α-hetero) is 1. The van der Waals surface area contributed by atoms with Gasteiger partial charge in [0.1, 0.15) is 12.3 Å². The Morgan fingerprint density at radius 1 is 1.71 bits per heavy atom. The lowest BCUT2D eigenvalue weighted by molar-refractivity contribution is 0.0837. The van der Waals surface area contributed by atoms with E-state index in [1.165, 1.54) is 18.0 Å². The number of rotatable bonds is 5. The monoisotopic (exact) mass is 195 g/mol. The Bertz CT molecular complexity index is 344. The van der Waals surface area contributed by atoms with Crippen molar-refractivity contribution in [2.24, 2.45) is 0 Å². The highest BCUT2D eigenvalue weighted by atomic mass is 16.5. The molecule has 1 aromatic heterocycles. The molecule has 76 valence electrons. The molecule has 0 spiro atoms. The second-order valence-electron chi connectivity index (χ2n) is 3.09. The molecule has 0 radical (unpaired) electrons. The van der Waals surface area contributed by atoms with Crippen molar-refractivity contribution in [3.63, 3.8) is 0 Å². The Morgan fingerprint density at radius 3 is 3.00 bits per heavy atom. The summed E-state index contributed by atoms with van der Waals surface area (Å²) in [7, 11) is 1.48. The van der Waals surface area contributed by atoms with Crippen LogP contribution in [0.5, 0.6) is 0 Å². The van der Waals surface area contributed by atoms with Crippen molar-refractivity contribution in [3.8, 4) is 0 Å². The first-order chi connectivity index (χ1) is 6.65. The summed E-state index contributed by atoms with van der Waals surface area (Å²) in [5, 5.41) is 7.46. The number of hydrogen-bond acceptors (Lipinski definition) is 4. The highest BCUT2D eigenvalue weighted by Gasteiger charge is 2.12. The van der Waals surface area contributed by atoms with E-state index in [1.54, 1.807) is 0 Å². The van der Waals surface area contributed by atoms with Crippen LogP contribution in [0, 0.1) is 0 Å². The number of hydrogen-bond donors (Lipinski definition) is 0. The molecular formula is C9H13N3O2. The van der Waals surface area contributed by atoms with Gasteiger partial charge in [-0.25, -0.2) is 4.68 Å². The SMILES string of the molecule is C=C(C)Cn1nncc1C(=O)COC. The van der Waals surface area contributed by atoms with Crippen molar-refractivity contribution in [2.45, 2.75) is 13.5 Å². The fourth-order valence-electron chi connectivity index (χ4n) is 1.05. The van der Waals surface area contributed by atoms with Gasteiger partial charge in [0.15, 0.2) is 0 Å². The molecule has 0 aliphatic heterocycles. The predicted octanol–water partition coefficient (Wildman–Crippen LogP) is 0.683. The van der Waals surface area contributed by atoms with E-state index < -0.39 is 0 Å². The molecule has 0 saturated heterocycles. The molecule has 1 aromatic rings. The van der Waals surface area contributed by atoms with Crippen molar-refractivity contribution in [1.29, 1.82) is 0 Å². The molecule has 0 bridgehead atoms.